The number of fused-ring (bicyclic) bond motifs is 2. The van der Waals surface area contributed by atoms with Gasteiger partial charge in [-0.05, 0) is 79.7 Å². The fraction of sp³-hybridized carbons (Fsp3) is 0.587. The van der Waals surface area contributed by atoms with Gasteiger partial charge in [0.1, 0.15) is 36.7 Å². The first-order valence-corrected chi connectivity index (χ1v) is 23.5. The highest BCUT2D eigenvalue weighted by molar-refractivity contribution is 6.90. The van der Waals surface area contributed by atoms with Gasteiger partial charge in [0.15, 0.2) is 12.6 Å². The van der Waals surface area contributed by atoms with E-state index in [9.17, 15) is 5.11 Å². The molecule has 4 aromatic rings. The quantitative estimate of drug-likeness (QED) is 0.0800. The monoisotopic (exact) mass is 829 g/mol. The molecular formula is C46H61F2N5O5Si. The van der Waals surface area contributed by atoms with Gasteiger partial charge in [-0.2, -0.15) is 9.97 Å². The molecule has 1 unspecified atom stereocenters. The number of methoxy groups -OCH3 is 1. The fourth-order valence-corrected chi connectivity index (χ4v) is 14.9. The fourth-order valence-electron chi connectivity index (χ4n) is 9.69. The molecule has 0 radical (unpaired) electrons. The van der Waals surface area contributed by atoms with Crippen molar-refractivity contribution in [2.45, 2.75) is 103 Å². The van der Waals surface area contributed by atoms with E-state index in [2.05, 4.69) is 57.9 Å². The zero-order valence-electron chi connectivity index (χ0n) is 36.3. The van der Waals surface area contributed by atoms with Gasteiger partial charge < -0.3 is 29.0 Å². The molecule has 4 heterocycles. The van der Waals surface area contributed by atoms with Crippen LogP contribution in [0, 0.1) is 35.4 Å². The second-order valence-corrected chi connectivity index (χ2v) is 23.9. The summed E-state index contributed by atoms with van der Waals surface area (Å²) >= 11 is 0. The molecule has 1 atom stereocenters. The number of nitrogens with zero attached hydrogens (tertiary/aromatic N) is 5. The number of hydrogen-bond acceptors (Lipinski definition) is 10. The van der Waals surface area contributed by atoms with Crippen LogP contribution in [0.4, 0.5) is 14.6 Å². The topological polar surface area (TPSA) is 102 Å². The van der Waals surface area contributed by atoms with E-state index in [1.807, 2.05) is 18.7 Å². The predicted molar refractivity (Wildman–Crippen MR) is 232 cm³/mol. The highest BCUT2D eigenvalue weighted by Gasteiger charge is 2.45. The lowest BCUT2D eigenvalue weighted by Gasteiger charge is -2.38. The molecule has 2 aromatic carbocycles. The van der Waals surface area contributed by atoms with Gasteiger partial charge in [0, 0.05) is 56.2 Å². The average Bonchev–Trinajstić information content (AvgIpc) is 3.96. The van der Waals surface area contributed by atoms with Crippen LogP contribution in [0.3, 0.4) is 0 Å². The van der Waals surface area contributed by atoms with Gasteiger partial charge in [-0.1, -0.05) is 53.5 Å². The third kappa shape index (κ3) is 8.80. The summed E-state index contributed by atoms with van der Waals surface area (Å²) in [6.07, 6.45) is 3.41. The van der Waals surface area contributed by atoms with Crippen molar-refractivity contribution in [3.63, 3.8) is 0 Å². The van der Waals surface area contributed by atoms with Gasteiger partial charge >= 0.3 is 6.01 Å². The normalized spacial score (nSPS) is 19.8. The number of anilines is 1. The van der Waals surface area contributed by atoms with Gasteiger partial charge in [-0.25, -0.2) is 13.8 Å². The number of aryl methyl sites for hydroxylation is 1. The Bertz CT molecular complexity index is 2220. The summed E-state index contributed by atoms with van der Waals surface area (Å²) in [7, 11) is -0.764. The molecule has 2 aliphatic heterocycles. The lowest BCUT2D eigenvalue weighted by atomic mass is 9.94. The maximum atomic E-state index is 17.8. The highest BCUT2D eigenvalue weighted by atomic mass is 28.3. The Balaban J connectivity index is 1.42. The molecule has 1 saturated carbocycles. The number of benzene rings is 2. The molecule has 7 rings (SSSR count). The van der Waals surface area contributed by atoms with Crippen molar-refractivity contribution < 1.29 is 32.8 Å². The van der Waals surface area contributed by atoms with E-state index in [-0.39, 0.29) is 35.0 Å². The number of halogens is 2. The molecule has 2 saturated heterocycles. The van der Waals surface area contributed by atoms with Crippen molar-refractivity contribution in [2.24, 2.45) is 5.41 Å². The van der Waals surface area contributed by atoms with E-state index >= 15 is 8.78 Å². The van der Waals surface area contributed by atoms with Gasteiger partial charge in [-0.15, -0.1) is 5.54 Å². The number of aromatic nitrogens is 3. The third-order valence-electron chi connectivity index (χ3n) is 12.9. The van der Waals surface area contributed by atoms with E-state index in [4.69, 9.17) is 33.9 Å². The minimum atomic E-state index is -2.29. The Labute approximate surface area is 349 Å². The van der Waals surface area contributed by atoms with E-state index in [0.29, 0.717) is 81.7 Å². The van der Waals surface area contributed by atoms with Crippen molar-refractivity contribution >= 4 is 35.6 Å². The van der Waals surface area contributed by atoms with E-state index in [0.717, 1.165) is 52.1 Å². The second kappa shape index (κ2) is 17.2. The minimum Gasteiger partial charge on any atom is -0.468 e. The molecule has 1 aliphatic carbocycles. The first-order chi connectivity index (χ1) is 28.1. The van der Waals surface area contributed by atoms with Crippen LogP contribution in [0.1, 0.15) is 85.4 Å². The molecular weight excluding hydrogens is 769 g/mol. The van der Waals surface area contributed by atoms with Gasteiger partial charge in [0.2, 0.25) is 0 Å². The number of rotatable bonds is 13. The molecule has 0 amide bonds. The summed E-state index contributed by atoms with van der Waals surface area (Å²) in [5.74, 6) is 3.05. The maximum absolute atomic E-state index is 17.8. The van der Waals surface area contributed by atoms with Gasteiger partial charge in [0.05, 0.1) is 42.1 Å². The van der Waals surface area contributed by atoms with Crippen molar-refractivity contribution in [1.29, 1.82) is 0 Å². The molecule has 10 nitrogen and oxygen atoms in total. The number of morpholine rings is 1. The molecule has 59 heavy (non-hydrogen) atoms. The summed E-state index contributed by atoms with van der Waals surface area (Å²) in [5.41, 5.74) is 4.72. The van der Waals surface area contributed by atoms with Crippen molar-refractivity contribution in [2.75, 3.05) is 71.3 Å². The predicted octanol–water partition coefficient (Wildman–Crippen LogP) is 8.83. The number of β-amino-alcohol motifs (C(OH)–C–C–N with tert-alkyl or cyclic N) is 1. The molecule has 3 aliphatic rings. The summed E-state index contributed by atoms with van der Waals surface area (Å²) in [6.45, 7) is 22.3. The van der Waals surface area contributed by atoms with Crippen LogP contribution in [-0.2, 0) is 9.47 Å². The van der Waals surface area contributed by atoms with Crippen LogP contribution < -0.4 is 14.4 Å². The summed E-state index contributed by atoms with van der Waals surface area (Å²) < 4.78 is 57.3. The smallest absolute Gasteiger partial charge is 0.319 e. The first kappa shape index (κ1) is 43.2. The molecule has 318 valence electrons. The lowest BCUT2D eigenvalue weighted by Crippen LogP contribution is -2.46. The van der Waals surface area contributed by atoms with E-state index in [1.165, 1.54) is 13.2 Å². The summed E-state index contributed by atoms with van der Waals surface area (Å²) in [6, 6.07) is 6.63. The van der Waals surface area contributed by atoms with Crippen LogP contribution in [0.2, 0.25) is 16.6 Å². The maximum Gasteiger partial charge on any atom is 0.319 e. The van der Waals surface area contributed by atoms with Crippen LogP contribution in [-0.4, -0.2) is 105 Å². The number of ether oxygens (including phenoxy) is 4. The number of hydrogen-bond donors (Lipinski definition) is 1. The summed E-state index contributed by atoms with van der Waals surface area (Å²) in [4.78, 5) is 19.1. The molecule has 2 aromatic heterocycles. The standard InChI is InChI=1S/C46H61F2N5O5Si/c1-29(2)59(30(3)4,31(5)6)22-13-35-37(47)12-11-33-23-34(58-28-55-9)24-36(39(33)35)41-40(48)42-38(32(7)49-41)43(53-17-10-14-45(8,54)25-53)51-44(50-42)57-27-46(15-16-46)26-52-18-20-56-21-19-52/h11-12,23-24,29-31,54H,10,14-21,25-28H2,1-9H3. The highest BCUT2D eigenvalue weighted by Crippen LogP contribution is 2.47. The van der Waals surface area contributed by atoms with E-state index < -0.39 is 25.3 Å². The van der Waals surface area contributed by atoms with Gasteiger partial charge in [-0.3, -0.25) is 4.90 Å². The zero-order chi connectivity index (χ0) is 42.3. The molecule has 3 fully saturated rings. The SMILES string of the molecule is COCOc1cc(-c2nc(C)c3c(N4CCCC(C)(O)C4)nc(OCC4(CN5CCOCC5)CC4)nc3c2F)c2c(C#C[Si](C(C)C)(C(C)C)C(C)C)c(F)ccc2c1. The Morgan fingerprint density at radius 2 is 1.64 bits per heavy atom. The van der Waals surface area contributed by atoms with Crippen molar-refractivity contribution in [3.8, 4) is 34.5 Å². The Morgan fingerprint density at radius 1 is 0.932 bits per heavy atom. The van der Waals surface area contributed by atoms with Crippen LogP contribution in [0.25, 0.3) is 32.9 Å². The van der Waals surface area contributed by atoms with Crippen LogP contribution in [0.15, 0.2) is 24.3 Å². The van der Waals surface area contributed by atoms with Crippen molar-refractivity contribution in [1.82, 2.24) is 19.9 Å². The van der Waals surface area contributed by atoms with E-state index in [1.54, 1.807) is 18.2 Å². The molecule has 0 spiro atoms. The lowest BCUT2D eigenvalue weighted by molar-refractivity contribution is 0.0231. The third-order valence-corrected chi connectivity index (χ3v) is 19.2. The second-order valence-electron chi connectivity index (χ2n) is 18.3. The largest absolute Gasteiger partial charge is 0.468 e. The number of pyridine rings is 1. The number of aliphatic hydroxyl groups is 1. The Hall–Kier alpha value is -3.93. The Kier molecular flexibility index (Phi) is 12.6. The summed E-state index contributed by atoms with van der Waals surface area (Å²) in [5, 5.41) is 12.7. The van der Waals surface area contributed by atoms with Crippen molar-refractivity contribution in [3.05, 3.63) is 47.2 Å². The van der Waals surface area contributed by atoms with Gasteiger partial charge in [0.25, 0.3) is 0 Å². The van der Waals surface area contributed by atoms with Crippen LogP contribution in [0.5, 0.6) is 11.8 Å². The molecule has 0 bridgehead atoms. The number of piperidine rings is 1. The Morgan fingerprint density at radius 3 is 2.29 bits per heavy atom. The average molecular weight is 830 g/mol. The first-order valence-electron chi connectivity index (χ1n) is 21.3. The molecule has 1 N–H and O–H groups in total. The minimum absolute atomic E-state index is 0.0103. The molecule has 13 heteroatoms. The van der Waals surface area contributed by atoms with Crippen LogP contribution >= 0.6 is 0 Å². The zero-order valence-corrected chi connectivity index (χ0v) is 37.3.